The molecule has 0 bridgehead atoms. The van der Waals surface area contributed by atoms with Gasteiger partial charge in [-0.05, 0) is 16.2 Å². The van der Waals surface area contributed by atoms with E-state index < -0.39 is 11.8 Å². The minimum atomic E-state index is -2.69. The van der Waals surface area contributed by atoms with Crippen molar-refractivity contribution >= 4 is 5.97 Å². The summed E-state index contributed by atoms with van der Waals surface area (Å²) in [4.78, 5) is 13.5. The number of methoxy groups -OCH3 is 1. The number of alkyl halides is 1. The van der Waals surface area contributed by atoms with Gasteiger partial charge in [-0.25, -0.2) is 9.18 Å². The van der Waals surface area contributed by atoms with Gasteiger partial charge in [-0.2, -0.15) is 0 Å². The van der Waals surface area contributed by atoms with Gasteiger partial charge in [-0.1, -0.05) is 30.3 Å². The highest BCUT2D eigenvalue weighted by molar-refractivity contribution is 5.79. The van der Waals surface area contributed by atoms with Crippen molar-refractivity contribution < 1.29 is 13.9 Å². The first-order valence-electron chi connectivity index (χ1n) is 4.50. The fourth-order valence-corrected chi connectivity index (χ4v) is 1.24. The lowest BCUT2D eigenvalue weighted by Gasteiger charge is -2.16. The Morgan fingerprint density at radius 3 is 2.69 bits per heavy atom. The smallest absolute Gasteiger partial charge is 0.350 e. The van der Waals surface area contributed by atoms with Crippen LogP contribution in [0.25, 0.3) is 10.4 Å². The van der Waals surface area contributed by atoms with Crippen molar-refractivity contribution in [3.8, 4) is 0 Å². The molecule has 0 aliphatic heterocycles. The average Bonchev–Trinajstić information content (AvgIpc) is 2.29. The summed E-state index contributed by atoms with van der Waals surface area (Å²) < 4.78 is 18.2. The Balaban J connectivity index is 2.96. The van der Waals surface area contributed by atoms with E-state index in [1.165, 1.54) is 0 Å². The molecule has 1 aromatic rings. The highest BCUT2D eigenvalue weighted by atomic mass is 19.1. The molecule has 0 spiro atoms. The average molecular weight is 223 g/mol. The molecule has 16 heavy (non-hydrogen) atoms. The van der Waals surface area contributed by atoms with Crippen LogP contribution in [0.2, 0.25) is 0 Å². The van der Waals surface area contributed by atoms with Gasteiger partial charge in [-0.15, -0.1) is 0 Å². The Hall–Kier alpha value is -2.07. The molecule has 0 heterocycles. The zero-order valence-corrected chi connectivity index (χ0v) is 8.63. The SMILES string of the molecule is COC(=O)C(F)(Cc1ccccc1)N=[N+]=[N-]. The van der Waals surface area contributed by atoms with Gasteiger partial charge in [0, 0.05) is 11.3 Å². The van der Waals surface area contributed by atoms with Gasteiger partial charge in [0.05, 0.1) is 7.11 Å². The quantitative estimate of drug-likeness (QED) is 0.258. The van der Waals surface area contributed by atoms with Crippen molar-refractivity contribution in [2.45, 2.75) is 12.2 Å². The molecule has 0 saturated carbocycles. The van der Waals surface area contributed by atoms with E-state index in [-0.39, 0.29) is 6.42 Å². The molecule has 1 aromatic carbocycles. The Morgan fingerprint density at radius 1 is 1.56 bits per heavy atom. The van der Waals surface area contributed by atoms with Crippen molar-refractivity contribution in [2.75, 3.05) is 7.11 Å². The normalized spacial score (nSPS) is 13.4. The van der Waals surface area contributed by atoms with Crippen LogP contribution in [-0.2, 0) is 16.0 Å². The summed E-state index contributed by atoms with van der Waals surface area (Å²) in [6, 6.07) is 8.41. The first kappa shape index (κ1) is 12.0. The maximum absolute atomic E-state index is 14.0. The predicted molar refractivity (Wildman–Crippen MR) is 55.1 cm³/mol. The van der Waals surface area contributed by atoms with Crippen LogP contribution in [-0.4, -0.2) is 18.9 Å². The lowest BCUT2D eigenvalue weighted by molar-refractivity contribution is -0.154. The predicted octanol–water partition coefficient (Wildman–Crippen LogP) is 2.38. The van der Waals surface area contributed by atoms with E-state index in [9.17, 15) is 9.18 Å². The zero-order chi connectivity index (χ0) is 12.0. The molecule has 5 nitrogen and oxygen atoms in total. The molecule has 0 N–H and O–H groups in total. The maximum Gasteiger partial charge on any atom is 0.350 e. The van der Waals surface area contributed by atoms with Crippen LogP contribution in [0.1, 0.15) is 5.56 Å². The number of hydrogen-bond acceptors (Lipinski definition) is 3. The third kappa shape index (κ3) is 2.71. The number of carbonyl (C=O) groups is 1. The van der Waals surface area contributed by atoms with Crippen molar-refractivity contribution in [3.63, 3.8) is 0 Å². The molecule has 6 heteroatoms. The number of esters is 1. The van der Waals surface area contributed by atoms with Crippen molar-refractivity contribution in [1.82, 2.24) is 0 Å². The molecule has 0 aliphatic carbocycles. The standard InChI is InChI=1S/C10H10FN3O2/c1-16-9(15)10(11,13-14-12)7-8-5-3-2-4-6-8/h2-6H,7H2,1H3. The van der Waals surface area contributed by atoms with E-state index in [0.29, 0.717) is 5.56 Å². The molecule has 0 amide bonds. The van der Waals surface area contributed by atoms with Crippen LogP contribution in [0, 0.1) is 0 Å². The minimum absolute atomic E-state index is 0.343. The number of halogens is 1. The fraction of sp³-hybridized carbons (Fsp3) is 0.300. The third-order valence-electron chi connectivity index (χ3n) is 1.98. The number of carbonyl (C=O) groups excluding carboxylic acids is 1. The first-order valence-corrected chi connectivity index (χ1v) is 4.50. The Labute approximate surface area is 91.5 Å². The van der Waals surface area contributed by atoms with Gasteiger partial charge in [0.1, 0.15) is 0 Å². The van der Waals surface area contributed by atoms with Gasteiger partial charge in [0.15, 0.2) is 0 Å². The highest BCUT2D eigenvalue weighted by Crippen LogP contribution is 2.21. The molecule has 1 unspecified atom stereocenters. The van der Waals surface area contributed by atoms with Crippen LogP contribution in [0.3, 0.4) is 0 Å². The largest absolute Gasteiger partial charge is 0.467 e. The first-order chi connectivity index (χ1) is 7.62. The van der Waals surface area contributed by atoms with Crippen LogP contribution < -0.4 is 0 Å². The van der Waals surface area contributed by atoms with Gasteiger partial charge >= 0.3 is 5.97 Å². The van der Waals surface area contributed by atoms with Crippen LogP contribution in [0.5, 0.6) is 0 Å². The van der Waals surface area contributed by atoms with Crippen LogP contribution in [0.4, 0.5) is 4.39 Å². The van der Waals surface area contributed by atoms with Gasteiger partial charge in [0.2, 0.25) is 0 Å². The lowest BCUT2D eigenvalue weighted by Crippen LogP contribution is -2.34. The number of benzene rings is 1. The fourth-order valence-electron chi connectivity index (χ4n) is 1.24. The molecule has 0 radical (unpaired) electrons. The lowest BCUT2D eigenvalue weighted by atomic mass is 10.0. The second-order valence-corrected chi connectivity index (χ2v) is 3.10. The Kier molecular flexibility index (Phi) is 3.85. The van der Waals surface area contributed by atoms with E-state index >= 15 is 0 Å². The second-order valence-electron chi connectivity index (χ2n) is 3.10. The van der Waals surface area contributed by atoms with E-state index in [2.05, 4.69) is 14.8 Å². The topological polar surface area (TPSA) is 75.1 Å². The highest BCUT2D eigenvalue weighted by Gasteiger charge is 2.39. The second kappa shape index (κ2) is 5.14. The van der Waals surface area contributed by atoms with Crippen molar-refractivity contribution in [2.24, 2.45) is 5.11 Å². The van der Waals surface area contributed by atoms with Crippen molar-refractivity contribution in [1.29, 1.82) is 0 Å². The maximum atomic E-state index is 14.0. The molecule has 0 fully saturated rings. The summed E-state index contributed by atoms with van der Waals surface area (Å²) in [5.41, 5.74) is 8.78. The van der Waals surface area contributed by atoms with Crippen LogP contribution >= 0.6 is 0 Å². The van der Waals surface area contributed by atoms with E-state index in [1.54, 1.807) is 30.3 Å². The van der Waals surface area contributed by atoms with Gasteiger partial charge < -0.3 is 4.74 Å². The molecule has 1 rings (SSSR count). The van der Waals surface area contributed by atoms with Gasteiger partial charge in [-0.3, -0.25) is 0 Å². The zero-order valence-electron chi connectivity index (χ0n) is 8.63. The summed E-state index contributed by atoms with van der Waals surface area (Å²) >= 11 is 0. The molecule has 84 valence electrons. The van der Waals surface area contributed by atoms with E-state index in [0.717, 1.165) is 7.11 Å². The monoisotopic (exact) mass is 223 g/mol. The van der Waals surface area contributed by atoms with E-state index in [4.69, 9.17) is 5.53 Å². The summed E-state index contributed by atoms with van der Waals surface area (Å²) in [6.45, 7) is 0. The molecular formula is C10H10FN3O2. The molecule has 0 aliphatic rings. The number of nitrogens with zero attached hydrogens (tertiary/aromatic N) is 3. The minimum Gasteiger partial charge on any atom is -0.467 e. The molecule has 0 aromatic heterocycles. The van der Waals surface area contributed by atoms with Crippen LogP contribution in [0.15, 0.2) is 35.4 Å². The number of hydrogen-bond donors (Lipinski definition) is 0. The Bertz CT molecular complexity index is 417. The molecule has 0 saturated heterocycles. The summed E-state index contributed by atoms with van der Waals surface area (Å²) in [5.74, 6) is -3.89. The third-order valence-corrected chi connectivity index (χ3v) is 1.98. The summed E-state index contributed by atoms with van der Waals surface area (Å²) in [6.07, 6.45) is -0.343. The summed E-state index contributed by atoms with van der Waals surface area (Å²) in [7, 11) is 1.04. The molecular weight excluding hydrogens is 213 g/mol. The van der Waals surface area contributed by atoms with E-state index in [1.807, 2.05) is 0 Å². The van der Waals surface area contributed by atoms with Gasteiger partial charge in [0.25, 0.3) is 5.79 Å². The molecule has 1 atom stereocenters. The number of azide groups is 1. The Morgan fingerprint density at radius 2 is 2.19 bits per heavy atom. The van der Waals surface area contributed by atoms with Crippen molar-refractivity contribution in [3.05, 3.63) is 46.3 Å². The number of rotatable bonds is 4. The number of ether oxygens (including phenoxy) is 1. The summed E-state index contributed by atoms with van der Waals surface area (Å²) in [5, 5.41) is 2.86.